The number of benzene rings is 1. The van der Waals surface area contributed by atoms with E-state index in [1.807, 2.05) is 6.92 Å². The number of aliphatic imine (C=N–C) groups is 1. The molecule has 156 valence electrons. The zero-order chi connectivity index (χ0) is 19.0. The van der Waals surface area contributed by atoms with Crippen molar-refractivity contribution in [3.05, 3.63) is 33.8 Å². The highest BCUT2D eigenvalue weighted by atomic mass is 127. The maximum absolute atomic E-state index is 10.5. The molecule has 1 saturated heterocycles. The summed E-state index contributed by atoms with van der Waals surface area (Å²) in [5.41, 5.74) is 0.965. The fourth-order valence-corrected chi connectivity index (χ4v) is 5.52. The minimum atomic E-state index is -0.752. The monoisotopic (exact) mass is 539 g/mol. The van der Waals surface area contributed by atoms with Gasteiger partial charge in [0.2, 0.25) is 0 Å². The summed E-state index contributed by atoms with van der Waals surface area (Å²) in [6.07, 6.45) is 4.54. The Morgan fingerprint density at radius 1 is 1.32 bits per heavy atom. The summed E-state index contributed by atoms with van der Waals surface area (Å²) in [5, 5.41) is 18.5. The number of halogens is 3. The maximum atomic E-state index is 10.5. The number of guanidine groups is 1. The van der Waals surface area contributed by atoms with Gasteiger partial charge in [-0.1, -0.05) is 29.6 Å². The molecule has 1 aliphatic heterocycles. The maximum Gasteiger partial charge on any atom is 0.191 e. The lowest BCUT2D eigenvalue weighted by Crippen LogP contribution is -2.72. The predicted octanol–water partition coefficient (Wildman–Crippen LogP) is 4.16. The number of ether oxygens (including phenoxy) is 1. The number of nitrogens with zero attached hydrogens (tertiary/aromatic N) is 1. The molecule has 0 amide bonds. The Morgan fingerprint density at radius 2 is 2.04 bits per heavy atom. The highest BCUT2D eigenvalue weighted by Gasteiger charge is 2.66. The number of fused-ring (bicyclic) bond motifs is 2. The molecular weight excluding hydrogens is 512 g/mol. The molecule has 0 aromatic heterocycles. The van der Waals surface area contributed by atoms with Crippen LogP contribution in [0.15, 0.2) is 23.2 Å². The fraction of sp³-hybridized carbons (Fsp3) is 0.650. The molecule has 0 radical (unpaired) electrons. The minimum Gasteiger partial charge on any atom is -0.386 e. The van der Waals surface area contributed by atoms with Crippen molar-refractivity contribution in [2.24, 2.45) is 16.3 Å². The molecule has 4 unspecified atom stereocenters. The van der Waals surface area contributed by atoms with Crippen LogP contribution in [-0.4, -0.2) is 42.9 Å². The molecule has 8 heteroatoms. The molecule has 2 aliphatic carbocycles. The Bertz CT molecular complexity index is 709. The van der Waals surface area contributed by atoms with Gasteiger partial charge in [0.1, 0.15) is 0 Å². The van der Waals surface area contributed by atoms with Crippen LogP contribution in [0.3, 0.4) is 0 Å². The second kappa shape index (κ2) is 9.25. The molecule has 2 saturated carbocycles. The summed E-state index contributed by atoms with van der Waals surface area (Å²) >= 11 is 12.1. The van der Waals surface area contributed by atoms with Gasteiger partial charge in [0.15, 0.2) is 5.96 Å². The van der Waals surface area contributed by atoms with Crippen LogP contribution in [0.25, 0.3) is 0 Å². The van der Waals surface area contributed by atoms with E-state index in [2.05, 4.69) is 15.6 Å². The molecule has 0 bridgehead atoms. The number of aliphatic hydroxyl groups is 1. The Hall–Kier alpha value is -0.280. The molecule has 5 nitrogen and oxygen atoms in total. The number of hydrogen-bond acceptors (Lipinski definition) is 3. The average Bonchev–Trinajstić information content (AvgIpc) is 2.99. The van der Waals surface area contributed by atoms with Gasteiger partial charge in [0, 0.05) is 40.6 Å². The van der Waals surface area contributed by atoms with Gasteiger partial charge in [-0.15, -0.1) is 24.0 Å². The van der Waals surface area contributed by atoms with Crippen LogP contribution in [0, 0.1) is 11.3 Å². The van der Waals surface area contributed by atoms with E-state index < -0.39 is 6.10 Å². The standard InChI is InChI=1S/C20H27Cl2N3O2.HI/c1-2-23-19(24-11-16(26)12-8-13(21)10-14(22)9-12)25-17-15-4-7-27-18(15)20(17)5-3-6-20;/h8-10,15-18,26H,2-7,11H2,1H3,(H2,23,24,25);1H. The molecule has 3 aliphatic rings. The van der Waals surface area contributed by atoms with E-state index in [0.29, 0.717) is 33.7 Å². The number of aliphatic hydroxyl groups excluding tert-OH is 1. The lowest BCUT2D eigenvalue weighted by atomic mass is 9.46. The molecule has 1 spiro atoms. The number of hydrogen-bond donors (Lipinski definition) is 3. The summed E-state index contributed by atoms with van der Waals surface area (Å²) in [6.45, 7) is 3.94. The average molecular weight is 540 g/mol. The van der Waals surface area contributed by atoms with Crippen LogP contribution in [0.1, 0.15) is 44.3 Å². The molecule has 1 aromatic rings. The van der Waals surface area contributed by atoms with Crippen molar-refractivity contribution in [3.63, 3.8) is 0 Å². The van der Waals surface area contributed by atoms with E-state index in [0.717, 1.165) is 25.5 Å². The van der Waals surface area contributed by atoms with Crippen molar-refractivity contribution in [2.45, 2.75) is 50.9 Å². The second-order valence-corrected chi connectivity index (χ2v) is 8.76. The van der Waals surface area contributed by atoms with Gasteiger partial charge >= 0.3 is 0 Å². The third-order valence-corrected chi connectivity index (χ3v) is 6.80. The van der Waals surface area contributed by atoms with Gasteiger partial charge in [-0.05, 0) is 49.9 Å². The van der Waals surface area contributed by atoms with Gasteiger partial charge in [0.05, 0.1) is 18.8 Å². The van der Waals surface area contributed by atoms with Gasteiger partial charge in [-0.3, -0.25) is 4.99 Å². The first-order valence-electron chi connectivity index (χ1n) is 9.84. The Morgan fingerprint density at radius 3 is 2.64 bits per heavy atom. The first-order chi connectivity index (χ1) is 13.0. The molecule has 4 atom stereocenters. The summed E-state index contributed by atoms with van der Waals surface area (Å²) in [7, 11) is 0. The van der Waals surface area contributed by atoms with Gasteiger partial charge in [-0.2, -0.15) is 0 Å². The summed E-state index contributed by atoms with van der Waals surface area (Å²) in [5.74, 6) is 1.33. The second-order valence-electron chi connectivity index (χ2n) is 7.89. The summed E-state index contributed by atoms with van der Waals surface area (Å²) in [6, 6.07) is 5.52. The van der Waals surface area contributed by atoms with Crippen LogP contribution < -0.4 is 10.6 Å². The van der Waals surface area contributed by atoms with E-state index in [-0.39, 0.29) is 35.9 Å². The first-order valence-corrected chi connectivity index (χ1v) is 10.6. The largest absolute Gasteiger partial charge is 0.386 e. The van der Waals surface area contributed by atoms with Crippen LogP contribution in [0.2, 0.25) is 10.0 Å². The van der Waals surface area contributed by atoms with Crippen molar-refractivity contribution >= 4 is 53.1 Å². The first kappa shape index (κ1) is 22.4. The highest BCUT2D eigenvalue weighted by molar-refractivity contribution is 14.0. The smallest absolute Gasteiger partial charge is 0.191 e. The van der Waals surface area contributed by atoms with Gasteiger partial charge in [-0.25, -0.2) is 0 Å². The van der Waals surface area contributed by atoms with Gasteiger partial charge in [0.25, 0.3) is 0 Å². The third-order valence-electron chi connectivity index (χ3n) is 6.36. The zero-order valence-electron chi connectivity index (χ0n) is 16.0. The lowest BCUT2D eigenvalue weighted by molar-refractivity contribution is -0.171. The number of nitrogens with one attached hydrogen (secondary N) is 2. The van der Waals surface area contributed by atoms with Crippen LogP contribution >= 0.6 is 47.2 Å². The Balaban J connectivity index is 0.00000225. The molecule has 4 rings (SSSR count). The van der Waals surface area contributed by atoms with E-state index in [1.165, 1.54) is 19.3 Å². The van der Waals surface area contributed by atoms with E-state index >= 15 is 0 Å². The Kier molecular flexibility index (Phi) is 7.40. The highest BCUT2D eigenvalue weighted by Crippen LogP contribution is 2.62. The molecule has 1 aromatic carbocycles. The normalized spacial score (nSPS) is 28.6. The van der Waals surface area contributed by atoms with E-state index in [1.54, 1.807) is 18.2 Å². The summed E-state index contributed by atoms with van der Waals surface area (Å²) in [4.78, 5) is 4.63. The minimum absolute atomic E-state index is 0. The quantitative estimate of drug-likeness (QED) is 0.299. The molecule has 28 heavy (non-hydrogen) atoms. The van der Waals surface area contributed by atoms with Crippen molar-refractivity contribution in [1.82, 2.24) is 10.6 Å². The van der Waals surface area contributed by atoms with Crippen molar-refractivity contribution in [3.8, 4) is 0 Å². The van der Waals surface area contributed by atoms with E-state index in [4.69, 9.17) is 27.9 Å². The van der Waals surface area contributed by atoms with E-state index in [9.17, 15) is 5.11 Å². The lowest BCUT2D eigenvalue weighted by Gasteiger charge is -2.63. The predicted molar refractivity (Wildman–Crippen MR) is 124 cm³/mol. The fourth-order valence-electron chi connectivity index (χ4n) is 4.97. The van der Waals surface area contributed by atoms with Gasteiger partial charge < -0.3 is 20.5 Å². The van der Waals surface area contributed by atoms with Crippen molar-refractivity contribution in [1.29, 1.82) is 0 Å². The zero-order valence-corrected chi connectivity index (χ0v) is 19.8. The molecule has 3 fully saturated rings. The summed E-state index contributed by atoms with van der Waals surface area (Å²) < 4.78 is 5.99. The Labute approximate surface area is 193 Å². The van der Waals surface area contributed by atoms with Crippen LogP contribution in [-0.2, 0) is 4.74 Å². The topological polar surface area (TPSA) is 65.9 Å². The van der Waals surface area contributed by atoms with Crippen LogP contribution in [0.5, 0.6) is 0 Å². The SMILES string of the molecule is CCNC(=NCC(O)c1cc(Cl)cc(Cl)c1)NC1C2CCOC2C12CCC2.I. The number of rotatable bonds is 5. The van der Waals surface area contributed by atoms with Crippen molar-refractivity contribution < 1.29 is 9.84 Å². The van der Waals surface area contributed by atoms with Crippen LogP contribution in [0.4, 0.5) is 0 Å². The van der Waals surface area contributed by atoms with Crippen molar-refractivity contribution in [2.75, 3.05) is 19.7 Å². The molecule has 3 N–H and O–H groups in total. The molecule has 1 heterocycles. The molecular formula is C20H28Cl2IN3O2. The third kappa shape index (κ3) is 4.13.